The lowest BCUT2D eigenvalue weighted by Crippen LogP contribution is -2.15. The molecular formula is C10H9F3N2O. The molecule has 16 heavy (non-hydrogen) atoms. The largest absolute Gasteiger partial charge is 0.433 e. The summed E-state index contributed by atoms with van der Waals surface area (Å²) in [6, 6.07) is 2.11. The Morgan fingerprint density at radius 2 is 1.94 bits per heavy atom. The van der Waals surface area contributed by atoms with Crippen molar-refractivity contribution >= 4 is 6.08 Å². The summed E-state index contributed by atoms with van der Waals surface area (Å²) in [6.45, 7) is 3.17. The van der Waals surface area contributed by atoms with Gasteiger partial charge < -0.3 is 0 Å². The number of pyridine rings is 1. The molecule has 0 atom stereocenters. The molecule has 1 aromatic rings. The molecule has 0 unspecified atom stereocenters. The maximum atomic E-state index is 12.2. The van der Waals surface area contributed by atoms with Gasteiger partial charge in [-0.15, -0.1) is 0 Å². The monoisotopic (exact) mass is 230 g/mol. The lowest BCUT2D eigenvalue weighted by molar-refractivity contribution is -0.141. The molecule has 0 saturated carbocycles. The first-order chi connectivity index (χ1) is 7.27. The van der Waals surface area contributed by atoms with Crippen molar-refractivity contribution in [2.75, 3.05) is 0 Å². The van der Waals surface area contributed by atoms with Gasteiger partial charge in [0, 0.05) is 6.20 Å². The van der Waals surface area contributed by atoms with E-state index in [1.165, 1.54) is 12.1 Å². The molecule has 0 amide bonds. The first kappa shape index (κ1) is 12.4. The van der Waals surface area contributed by atoms with Crippen molar-refractivity contribution in [2.24, 2.45) is 4.99 Å². The number of alkyl halides is 3. The summed E-state index contributed by atoms with van der Waals surface area (Å²) in [6.07, 6.45) is -2.03. The number of rotatable bonds is 2. The minimum absolute atomic E-state index is 0.420. The summed E-state index contributed by atoms with van der Waals surface area (Å²) in [7, 11) is 0. The highest BCUT2D eigenvalue weighted by atomic mass is 19.4. The van der Waals surface area contributed by atoms with E-state index in [4.69, 9.17) is 0 Å². The van der Waals surface area contributed by atoms with Gasteiger partial charge in [0.05, 0.1) is 5.54 Å². The molecule has 0 aliphatic heterocycles. The van der Waals surface area contributed by atoms with Crippen LogP contribution in [0.2, 0.25) is 0 Å². The highest BCUT2D eigenvalue weighted by molar-refractivity contribution is 5.37. The second-order valence-corrected chi connectivity index (χ2v) is 3.69. The van der Waals surface area contributed by atoms with E-state index in [1.54, 1.807) is 13.8 Å². The Balaban J connectivity index is 3.09. The third-order valence-corrected chi connectivity index (χ3v) is 2.09. The lowest BCUT2D eigenvalue weighted by Gasteiger charge is -2.17. The van der Waals surface area contributed by atoms with Crippen LogP contribution < -0.4 is 0 Å². The average molecular weight is 230 g/mol. The number of halogens is 3. The zero-order valence-electron chi connectivity index (χ0n) is 8.67. The molecule has 3 nitrogen and oxygen atoms in total. The molecule has 0 spiro atoms. The van der Waals surface area contributed by atoms with Crippen molar-refractivity contribution in [2.45, 2.75) is 25.6 Å². The molecule has 0 aliphatic carbocycles. The van der Waals surface area contributed by atoms with E-state index >= 15 is 0 Å². The van der Waals surface area contributed by atoms with E-state index in [0.717, 1.165) is 12.3 Å². The Morgan fingerprint density at radius 3 is 2.31 bits per heavy atom. The smallest absolute Gasteiger partial charge is 0.251 e. The molecule has 0 aliphatic rings. The second-order valence-electron chi connectivity index (χ2n) is 3.69. The Labute approximate surface area is 90.0 Å². The molecule has 0 bridgehead atoms. The van der Waals surface area contributed by atoms with E-state index in [9.17, 15) is 18.0 Å². The predicted molar refractivity (Wildman–Crippen MR) is 50.4 cm³/mol. The lowest BCUT2D eigenvalue weighted by atomic mass is 9.97. The third-order valence-electron chi connectivity index (χ3n) is 2.09. The van der Waals surface area contributed by atoms with E-state index in [-0.39, 0.29) is 0 Å². The zero-order valence-corrected chi connectivity index (χ0v) is 8.67. The van der Waals surface area contributed by atoms with Crippen LogP contribution >= 0.6 is 0 Å². The molecule has 1 aromatic heterocycles. The van der Waals surface area contributed by atoms with Crippen molar-refractivity contribution in [1.29, 1.82) is 0 Å². The zero-order chi connectivity index (χ0) is 12.4. The van der Waals surface area contributed by atoms with Crippen LogP contribution in [0.1, 0.15) is 25.1 Å². The number of carbonyl (C=O) groups excluding carboxylic acids is 1. The fourth-order valence-electron chi connectivity index (χ4n) is 1.10. The summed E-state index contributed by atoms with van der Waals surface area (Å²) in [5.74, 6) is 0. The van der Waals surface area contributed by atoms with E-state index in [2.05, 4.69) is 9.98 Å². The van der Waals surface area contributed by atoms with Crippen LogP contribution in [0, 0.1) is 0 Å². The van der Waals surface area contributed by atoms with Crippen LogP contribution in [-0.2, 0) is 16.5 Å². The number of aliphatic imine (C=N–C) groups is 1. The van der Waals surface area contributed by atoms with Crippen molar-refractivity contribution < 1.29 is 18.0 Å². The molecule has 86 valence electrons. The quantitative estimate of drug-likeness (QED) is 0.579. The Hall–Kier alpha value is -1.68. The highest BCUT2D eigenvalue weighted by Gasteiger charge is 2.32. The molecule has 1 rings (SSSR count). The van der Waals surface area contributed by atoms with Gasteiger partial charge in [0.2, 0.25) is 6.08 Å². The first-order valence-electron chi connectivity index (χ1n) is 4.40. The van der Waals surface area contributed by atoms with Gasteiger partial charge in [-0.2, -0.15) is 18.2 Å². The minimum atomic E-state index is -4.46. The molecule has 0 saturated heterocycles. The number of isocyanates is 1. The molecular weight excluding hydrogens is 221 g/mol. The Kier molecular flexibility index (Phi) is 3.14. The Morgan fingerprint density at radius 1 is 1.31 bits per heavy atom. The topological polar surface area (TPSA) is 42.3 Å². The van der Waals surface area contributed by atoms with Crippen molar-refractivity contribution in [3.05, 3.63) is 29.6 Å². The summed E-state index contributed by atoms with van der Waals surface area (Å²) in [5, 5.41) is 0. The van der Waals surface area contributed by atoms with Gasteiger partial charge in [0.15, 0.2) is 0 Å². The summed E-state index contributed by atoms with van der Waals surface area (Å²) < 4.78 is 36.6. The maximum Gasteiger partial charge on any atom is 0.433 e. The van der Waals surface area contributed by atoms with Crippen LogP contribution in [0.3, 0.4) is 0 Å². The van der Waals surface area contributed by atoms with Gasteiger partial charge in [0.1, 0.15) is 5.69 Å². The van der Waals surface area contributed by atoms with Crippen LogP contribution in [0.5, 0.6) is 0 Å². The molecule has 6 heteroatoms. The van der Waals surface area contributed by atoms with Gasteiger partial charge in [-0.1, -0.05) is 6.07 Å². The number of nitrogens with zero attached hydrogens (tertiary/aromatic N) is 2. The van der Waals surface area contributed by atoms with Crippen LogP contribution in [0.4, 0.5) is 13.2 Å². The van der Waals surface area contributed by atoms with Crippen molar-refractivity contribution in [3.63, 3.8) is 0 Å². The molecule has 0 radical (unpaired) electrons. The van der Waals surface area contributed by atoms with E-state index in [0.29, 0.717) is 5.56 Å². The average Bonchev–Trinajstić information content (AvgIpc) is 2.16. The van der Waals surface area contributed by atoms with Gasteiger partial charge >= 0.3 is 6.18 Å². The molecule has 0 aromatic carbocycles. The molecule has 0 fully saturated rings. The maximum absolute atomic E-state index is 12.2. The standard InChI is InChI=1S/C10H9F3N2O/c1-9(2,15-6-16)7-3-4-8(14-5-7)10(11,12)13/h3-5H,1-2H3. The SMILES string of the molecule is CC(C)(N=C=O)c1ccc(C(F)(F)F)nc1. The van der Waals surface area contributed by atoms with Gasteiger partial charge in [0.25, 0.3) is 0 Å². The van der Waals surface area contributed by atoms with Crippen LogP contribution in [0.15, 0.2) is 23.3 Å². The van der Waals surface area contributed by atoms with Crippen LogP contribution in [0.25, 0.3) is 0 Å². The van der Waals surface area contributed by atoms with Crippen molar-refractivity contribution in [3.8, 4) is 0 Å². The van der Waals surface area contributed by atoms with Crippen molar-refractivity contribution in [1.82, 2.24) is 4.98 Å². The first-order valence-corrected chi connectivity index (χ1v) is 4.40. The van der Waals surface area contributed by atoms with Crippen LogP contribution in [-0.4, -0.2) is 11.1 Å². The molecule has 1 heterocycles. The molecule has 0 N–H and O–H groups in total. The fraction of sp³-hybridized carbons (Fsp3) is 0.400. The fourth-order valence-corrected chi connectivity index (χ4v) is 1.10. The highest BCUT2D eigenvalue weighted by Crippen LogP contribution is 2.29. The predicted octanol–water partition coefficient (Wildman–Crippen LogP) is 2.67. The van der Waals surface area contributed by atoms with E-state index < -0.39 is 17.4 Å². The van der Waals surface area contributed by atoms with Gasteiger partial charge in [-0.25, -0.2) is 4.79 Å². The van der Waals surface area contributed by atoms with E-state index in [1.807, 2.05) is 0 Å². The number of hydrogen-bond donors (Lipinski definition) is 0. The summed E-state index contributed by atoms with van der Waals surface area (Å²) in [4.78, 5) is 16.9. The third kappa shape index (κ3) is 2.67. The number of aromatic nitrogens is 1. The Bertz CT molecular complexity index is 417. The normalized spacial score (nSPS) is 12.1. The van der Waals surface area contributed by atoms with Gasteiger partial charge in [-0.05, 0) is 25.5 Å². The second kappa shape index (κ2) is 4.06. The number of hydrogen-bond acceptors (Lipinski definition) is 3. The minimum Gasteiger partial charge on any atom is -0.251 e. The summed E-state index contributed by atoms with van der Waals surface area (Å²) >= 11 is 0. The van der Waals surface area contributed by atoms with Gasteiger partial charge in [-0.3, -0.25) is 4.98 Å². The summed E-state index contributed by atoms with van der Waals surface area (Å²) in [5.41, 5.74) is -1.47.